The molecule has 0 saturated heterocycles. The third-order valence-electron chi connectivity index (χ3n) is 3.30. The van der Waals surface area contributed by atoms with E-state index in [0.717, 1.165) is 19.4 Å². The summed E-state index contributed by atoms with van der Waals surface area (Å²) in [5.41, 5.74) is 0. The first-order valence-electron chi connectivity index (χ1n) is 4.78. The molecule has 0 aromatic heterocycles. The van der Waals surface area contributed by atoms with Crippen molar-refractivity contribution in [3.63, 3.8) is 0 Å². The van der Waals surface area contributed by atoms with E-state index in [-0.39, 0.29) is 6.10 Å². The molecule has 2 N–H and O–H groups in total. The van der Waals surface area contributed by atoms with Crippen molar-refractivity contribution in [1.29, 1.82) is 0 Å². The van der Waals surface area contributed by atoms with E-state index in [4.69, 9.17) is 7.98 Å². The Morgan fingerprint density at radius 2 is 2.17 bits per heavy atom. The number of aliphatic hydroxyl groups is 1. The third kappa shape index (κ3) is 2.02. The zero-order valence-electron chi connectivity index (χ0n) is 7.96. The van der Waals surface area contributed by atoms with Crippen LogP contribution in [0, 0.1) is 17.8 Å². The summed E-state index contributed by atoms with van der Waals surface area (Å²) < 4.78 is 0. The predicted octanol–water partition coefficient (Wildman–Crippen LogP) is 0.703. The molecule has 0 heterocycles. The van der Waals surface area contributed by atoms with Crippen molar-refractivity contribution in [2.24, 2.45) is 17.8 Å². The smallest absolute Gasteiger partial charge is 0.177 e. The molecule has 4 unspecified atom stereocenters. The number of hydrogen-bond acceptors (Lipinski definition) is 2. The highest BCUT2D eigenvalue weighted by molar-refractivity contribution is 6.04. The molecule has 0 aromatic rings. The molecule has 1 rings (SSSR count). The molecular weight excluding hydrogens is 149 g/mol. The van der Waals surface area contributed by atoms with Crippen molar-refractivity contribution < 1.29 is 5.11 Å². The summed E-state index contributed by atoms with van der Waals surface area (Å²) in [6, 6.07) is 0. The standard InChI is InChI=1S/C9H18BNO/c1-6-5-9(12)8(7(6)2)3-4-11-10/h6-9,11-12H,3-5H2,1-2H3. The van der Waals surface area contributed by atoms with Crippen molar-refractivity contribution in [1.82, 2.24) is 5.23 Å². The van der Waals surface area contributed by atoms with E-state index in [1.165, 1.54) is 0 Å². The van der Waals surface area contributed by atoms with Crippen molar-refractivity contribution in [2.45, 2.75) is 32.8 Å². The normalized spacial score (nSPS) is 41.9. The van der Waals surface area contributed by atoms with Gasteiger partial charge in [0.15, 0.2) is 7.98 Å². The molecule has 1 saturated carbocycles. The van der Waals surface area contributed by atoms with Crippen LogP contribution >= 0.6 is 0 Å². The zero-order valence-corrected chi connectivity index (χ0v) is 7.96. The topological polar surface area (TPSA) is 32.3 Å². The maximum Gasteiger partial charge on any atom is 0.177 e. The Hall–Kier alpha value is -0.0151. The van der Waals surface area contributed by atoms with E-state index in [1.807, 2.05) is 0 Å². The lowest BCUT2D eigenvalue weighted by Gasteiger charge is -2.19. The van der Waals surface area contributed by atoms with E-state index in [0.29, 0.717) is 17.8 Å². The molecule has 0 spiro atoms. The molecule has 1 aliphatic rings. The second-order valence-corrected chi connectivity index (χ2v) is 4.05. The molecule has 1 aliphatic carbocycles. The van der Waals surface area contributed by atoms with Gasteiger partial charge in [0.2, 0.25) is 0 Å². The van der Waals surface area contributed by atoms with Crippen molar-refractivity contribution in [2.75, 3.05) is 6.54 Å². The minimum atomic E-state index is -0.108. The summed E-state index contributed by atoms with van der Waals surface area (Å²) >= 11 is 0. The first kappa shape index (κ1) is 10.1. The van der Waals surface area contributed by atoms with E-state index in [9.17, 15) is 5.11 Å². The monoisotopic (exact) mass is 167 g/mol. The third-order valence-corrected chi connectivity index (χ3v) is 3.30. The first-order chi connectivity index (χ1) is 5.66. The molecule has 12 heavy (non-hydrogen) atoms. The molecule has 0 aromatic carbocycles. The van der Waals surface area contributed by atoms with Crippen molar-refractivity contribution >= 4 is 7.98 Å². The van der Waals surface area contributed by atoms with E-state index < -0.39 is 0 Å². The lowest BCUT2D eigenvalue weighted by molar-refractivity contribution is 0.115. The summed E-state index contributed by atoms with van der Waals surface area (Å²) in [6.45, 7) is 5.24. The van der Waals surface area contributed by atoms with Gasteiger partial charge in [-0.25, -0.2) is 0 Å². The average Bonchev–Trinajstić information content (AvgIpc) is 2.25. The fourth-order valence-electron chi connectivity index (χ4n) is 2.25. The summed E-state index contributed by atoms with van der Waals surface area (Å²) in [5, 5.41) is 12.3. The van der Waals surface area contributed by atoms with Crippen LogP contribution in [-0.4, -0.2) is 25.7 Å². The van der Waals surface area contributed by atoms with Gasteiger partial charge in [-0.15, -0.1) is 0 Å². The maximum atomic E-state index is 9.69. The van der Waals surface area contributed by atoms with Gasteiger partial charge in [-0.3, -0.25) is 0 Å². The fourth-order valence-corrected chi connectivity index (χ4v) is 2.25. The quantitative estimate of drug-likeness (QED) is 0.606. The van der Waals surface area contributed by atoms with Crippen LogP contribution in [0.2, 0.25) is 0 Å². The van der Waals surface area contributed by atoms with Crippen LogP contribution < -0.4 is 5.23 Å². The maximum absolute atomic E-state index is 9.69. The van der Waals surface area contributed by atoms with Gasteiger partial charge in [-0.2, -0.15) is 0 Å². The van der Waals surface area contributed by atoms with Crippen LogP contribution in [0.5, 0.6) is 0 Å². The molecule has 1 fully saturated rings. The molecule has 0 bridgehead atoms. The molecule has 2 nitrogen and oxygen atoms in total. The molecule has 2 radical (unpaired) electrons. The molecule has 3 heteroatoms. The summed E-state index contributed by atoms with van der Waals surface area (Å²) in [4.78, 5) is 0. The van der Waals surface area contributed by atoms with Gasteiger partial charge in [-0.1, -0.05) is 13.8 Å². The Kier molecular flexibility index (Phi) is 3.60. The predicted molar refractivity (Wildman–Crippen MR) is 50.8 cm³/mol. The zero-order chi connectivity index (χ0) is 9.14. The minimum Gasteiger partial charge on any atom is -0.393 e. The minimum absolute atomic E-state index is 0.108. The molecule has 4 atom stereocenters. The van der Waals surface area contributed by atoms with Gasteiger partial charge in [0.25, 0.3) is 0 Å². The van der Waals surface area contributed by atoms with Gasteiger partial charge < -0.3 is 10.3 Å². The Balaban J connectivity index is 2.40. The second kappa shape index (κ2) is 4.29. The van der Waals surface area contributed by atoms with Crippen LogP contribution in [0.1, 0.15) is 26.7 Å². The average molecular weight is 167 g/mol. The largest absolute Gasteiger partial charge is 0.393 e. The molecule has 0 aliphatic heterocycles. The van der Waals surface area contributed by atoms with Gasteiger partial charge in [0.1, 0.15) is 0 Å². The molecule has 68 valence electrons. The van der Waals surface area contributed by atoms with E-state index >= 15 is 0 Å². The summed E-state index contributed by atoms with van der Waals surface area (Å²) in [5.74, 6) is 1.73. The Bertz CT molecular complexity index is 142. The van der Waals surface area contributed by atoms with Gasteiger partial charge in [0, 0.05) is 0 Å². The fraction of sp³-hybridized carbons (Fsp3) is 1.00. The SMILES string of the molecule is [B]NCCC1C(O)CC(C)C1C. The highest BCUT2D eigenvalue weighted by Crippen LogP contribution is 2.38. The number of rotatable bonds is 3. The lowest BCUT2D eigenvalue weighted by Crippen LogP contribution is -2.23. The highest BCUT2D eigenvalue weighted by atomic mass is 16.3. The number of hydrogen-bond donors (Lipinski definition) is 2. The molecular formula is C9H18BNO. The summed E-state index contributed by atoms with van der Waals surface area (Å²) in [6.07, 6.45) is 1.84. The second-order valence-electron chi connectivity index (χ2n) is 4.05. The number of aliphatic hydroxyl groups excluding tert-OH is 1. The van der Waals surface area contributed by atoms with Crippen molar-refractivity contribution in [3.05, 3.63) is 0 Å². The van der Waals surface area contributed by atoms with Gasteiger partial charge >= 0.3 is 0 Å². The Morgan fingerprint density at radius 1 is 1.50 bits per heavy atom. The highest BCUT2D eigenvalue weighted by Gasteiger charge is 2.36. The Morgan fingerprint density at radius 3 is 2.58 bits per heavy atom. The van der Waals surface area contributed by atoms with Crippen LogP contribution in [0.3, 0.4) is 0 Å². The van der Waals surface area contributed by atoms with E-state index in [2.05, 4.69) is 19.1 Å². The van der Waals surface area contributed by atoms with Crippen LogP contribution in [0.25, 0.3) is 0 Å². The molecule has 0 amide bonds. The summed E-state index contributed by atoms with van der Waals surface area (Å²) in [7, 11) is 5.20. The van der Waals surface area contributed by atoms with E-state index in [1.54, 1.807) is 0 Å². The number of nitrogens with one attached hydrogen (secondary N) is 1. The van der Waals surface area contributed by atoms with Gasteiger partial charge in [-0.05, 0) is 37.1 Å². The Labute approximate surface area is 76.2 Å². The lowest BCUT2D eigenvalue weighted by atomic mass is 9.89. The van der Waals surface area contributed by atoms with Gasteiger partial charge in [0.05, 0.1) is 6.10 Å². The van der Waals surface area contributed by atoms with Crippen LogP contribution in [0.15, 0.2) is 0 Å². The van der Waals surface area contributed by atoms with Crippen LogP contribution in [-0.2, 0) is 0 Å². The van der Waals surface area contributed by atoms with Crippen molar-refractivity contribution in [3.8, 4) is 0 Å². The first-order valence-corrected chi connectivity index (χ1v) is 4.78. The van der Waals surface area contributed by atoms with Crippen LogP contribution in [0.4, 0.5) is 0 Å².